The van der Waals surface area contributed by atoms with Crippen molar-refractivity contribution in [3.8, 4) is 5.75 Å². The van der Waals surface area contributed by atoms with E-state index in [4.69, 9.17) is 16.3 Å². The molecule has 6 nitrogen and oxygen atoms in total. The molecule has 7 heteroatoms. The molecule has 0 unspecified atom stereocenters. The molecular weight excluding hydrogens is 328 g/mol. The molecule has 1 N–H and O–H groups in total. The van der Waals surface area contributed by atoms with Crippen LogP contribution in [-0.2, 0) is 0 Å². The number of benzene rings is 1. The number of methoxy groups -OCH3 is 1. The fraction of sp³-hybridized carbons (Fsp3) is 0.588. The van der Waals surface area contributed by atoms with Gasteiger partial charge in [-0.25, -0.2) is 10.0 Å². The quantitative estimate of drug-likeness (QED) is 0.847. The van der Waals surface area contributed by atoms with Crippen LogP contribution in [0.1, 0.15) is 24.2 Å². The van der Waals surface area contributed by atoms with Gasteiger partial charge in [-0.1, -0.05) is 25.4 Å². The van der Waals surface area contributed by atoms with Crippen LogP contribution in [-0.4, -0.2) is 69.4 Å². The van der Waals surface area contributed by atoms with Crippen LogP contribution >= 0.6 is 11.6 Å². The van der Waals surface area contributed by atoms with Crippen LogP contribution in [0.15, 0.2) is 12.1 Å². The predicted octanol–water partition coefficient (Wildman–Crippen LogP) is 2.09. The van der Waals surface area contributed by atoms with Gasteiger partial charge in [-0.3, -0.25) is 4.79 Å². The topological polar surface area (TPSA) is 48.1 Å². The molecular formula is C17H27ClN4O2. The van der Waals surface area contributed by atoms with Crippen LogP contribution in [0.25, 0.3) is 0 Å². The maximum atomic E-state index is 12.7. The highest BCUT2D eigenvalue weighted by molar-refractivity contribution is 6.33. The Morgan fingerprint density at radius 1 is 1.29 bits per heavy atom. The predicted molar refractivity (Wildman–Crippen MR) is 98.1 cm³/mol. The lowest BCUT2D eigenvalue weighted by atomic mass is 10.1. The van der Waals surface area contributed by atoms with Crippen LogP contribution in [0.3, 0.4) is 0 Å². The zero-order valence-corrected chi connectivity index (χ0v) is 15.9. The number of nitrogens with one attached hydrogen (secondary N) is 1. The molecule has 0 aliphatic carbocycles. The highest BCUT2D eigenvalue weighted by atomic mass is 35.5. The van der Waals surface area contributed by atoms with Crippen molar-refractivity contribution in [3.63, 3.8) is 0 Å². The normalized spacial score (nSPS) is 16.4. The van der Waals surface area contributed by atoms with E-state index in [0.717, 1.165) is 31.9 Å². The molecule has 1 aromatic carbocycles. The Bertz CT molecular complexity index is 582. The number of hydrogen-bond acceptors (Lipinski definition) is 5. The number of hydrazine groups is 1. The number of carbonyl (C=O) groups is 1. The largest absolute Gasteiger partial charge is 0.496 e. The average Bonchev–Trinajstić information content (AvgIpc) is 2.96. The number of halogens is 1. The summed E-state index contributed by atoms with van der Waals surface area (Å²) in [5, 5.41) is 8.14. The van der Waals surface area contributed by atoms with Gasteiger partial charge < -0.3 is 15.0 Å². The summed E-state index contributed by atoms with van der Waals surface area (Å²) >= 11 is 6.31. The van der Waals surface area contributed by atoms with Gasteiger partial charge in [-0.15, -0.1) is 0 Å². The van der Waals surface area contributed by atoms with Crippen LogP contribution in [0.5, 0.6) is 5.75 Å². The second-order valence-electron chi connectivity index (χ2n) is 6.08. The standard InChI is InChI=1S/C17H27ClN4O2/c1-6-21-10-12(11-22(21)7-2)19-17(23)13-8-14(18)15(20(3)4)9-16(13)24-5/h8-9,12H,6-7,10-11H2,1-5H3,(H,19,23). The fourth-order valence-electron chi connectivity index (χ4n) is 3.04. The van der Waals surface area contributed by atoms with Crippen molar-refractivity contribution in [1.82, 2.24) is 15.3 Å². The molecule has 1 aliphatic heterocycles. The van der Waals surface area contributed by atoms with E-state index in [1.54, 1.807) is 19.2 Å². The van der Waals surface area contributed by atoms with E-state index in [9.17, 15) is 4.79 Å². The Hall–Kier alpha value is -1.50. The maximum absolute atomic E-state index is 12.7. The molecule has 0 saturated carbocycles. The summed E-state index contributed by atoms with van der Waals surface area (Å²) in [4.78, 5) is 14.6. The third-order valence-electron chi connectivity index (χ3n) is 4.32. The molecule has 0 spiro atoms. The Kier molecular flexibility index (Phi) is 6.32. The second-order valence-corrected chi connectivity index (χ2v) is 6.49. The number of ether oxygens (including phenoxy) is 1. The zero-order chi connectivity index (χ0) is 17.9. The van der Waals surface area contributed by atoms with Crippen molar-refractivity contribution in [2.75, 3.05) is 52.3 Å². The van der Waals surface area contributed by atoms with E-state index in [0.29, 0.717) is 16.3 Å². The minimum atomic E-state index is -0.155. The van der Waals surface area contributed by atoms with Crippen LogP contribution in [0.2, 0.25) is 5.02 Å². The second kappa shape index (κ2) is 8.05. The minimum absolute atomic E-state index is 0.0920. The van der Waals surface area contributed by atoms with Gasteiger partial charge in [-0.2, -0.15) is 0 Å². The van der Waals surface area contributed by atoms with Crippen molar-refractivity contribution in [3.05, 3.63) is 22.7 Å². The summed E-state index contributed by atoms with van der Waals surface area (Å²) in [5.74, 6) is 0.372. The summed E-state index contributed by atoms with van der Waals surface area (Å²) in [6.07, 6.45) is 0. The van der Waals surface area contributed by atoms with Crippen molar-refractivity contribution in [2.45, 2.75) is 19.9 Å². The fourth-order valence-corrected chi connectivity index (χ4v) is 3.37. The number of nitrogens with zero attached hydrogens (tertiary/aromatic N) is 3. The first-order valence-electron chi connectivity index (χ1n) is 8.26. The van der Waals surface area contributed by atoms with E-state index in [1.165, 1.54) is 0 Å². The summed E-state index contributed by atoms with van der Waals surface area (Å²) in [6, 6.07) is 3.56. The van der Waals surface area contributed by atoms with Gasteiger partial charge in [0.05, 0.1) is 29.4 Å². The molecule has 1 amide bonds. The molecule has 134 valence electrons. The van der Waals surface area contributed by atoms with Gasteiger partial charge in [0.2, 0.25) is 0 Å². The van der Waals surface area contributed by atoms with Crippen molar-refractivity contribution < 1.29 is 9.53 Å². The van der Waals surface area contributed by atoms with Gasteiger partial charge >= 0.3 is 0 Å². The summed E-state index contributed by atoms with van der Waals surface area (Å²) < 4.78 is 5.39. The number of carbonyl (C=O) groups excluding carboxylic acids is 1. The monoisotopic (exact) mass is 354 g/mol. The molecule has 1 fully saturated rings. The van der Waals surface area contributed by atoms with Crippen LogP contribution < -0.4 is 15.0 Å². The van der Waals surface area contributed by atoms with E-state index < -0.39 is 0 Å². The van der Waals surface area contributed by atoms with Crippen molar-refractivity contribution >= 4 is 23.2 Å². The molecule has 1 saturated heterocycles. The van der Waals surface area contributed by atoms with Gasteiger partial charge in [0, 0.05) is 46.3 Å². The Morgan fingerprint density at radius 2 is 1.88 bits per heavy atom. The first kappa shape index (κ1) is 18.8. The molecule has 2 rings (SSSR count). The number of rotatable bonds is 6. The highest BCUT2D eigenvalue weighted by Gasteiger charge is 2.29. The van der Waals surface area contributed by atoms with Gasteiger partial charge in [0.1, 0.15) is 5.75 Å². The lowest BCUT2D eigenvalue weighted by Gasteiger charge is -2.24. The lowest BCUT2D eigenvalue weighted by molar-refractivity contribution is 0.0388. The molecule has 1 heterocycles. The number of hydrogen-bond donors (Lipinski definition) is 1. The third kappa shape index (κ3) is 3.94. The van der Waals surface area contributed by atoms with Gasteiger partial charge in [0.15, 0.2) is 0 Å². The van der Waals surface area contributed by atoms with E-state index in [1.807, 2.05) is 19.0 Å². The summed E-state index contributed by atoms with van der Waals surface area (Å²) in [5.41, 5.74) is 1.28. The maximum Gasteiger partial charge on any atom is 0.255 e. The average molecular weight is 355 g/mol. The number of likely N-dealkylation sites (N-methyl/N-ethyl adjacent to an activating group) is 2. The Labute approximate surface area is 149 Å². The Morgan fingerprint density at radius 3 is 2.33 bits per heavy atom. The number of amides is 1. The molecule has 1 aliphatic rings. The molecule has 1 aromatic rings. The minimum Gasteiger partial charge on any atom is -0.496 e. The van der Waals surface area contributed by atoms with E-state index in [-0.39, 0.29) is 11.9 Å². The van der Waals surface area contributed by atoms with Crippen LogP contribution in [0.4, 0.5) is 5.69 Å². The van der Waals surface area contributed by atoms with E-state index >= 15 is 0 Å². The zero-order valence-electron chi connectivity index (χ0n) is 15.1. The van der Waals surface area contributed by atoms with Crippen molar-refractivity contribution in [2.24, 2.45) is 0 Å². The van der Waals surface area contributed by atoms with Gasteiger partial charge in [-0.05, 0) is 6.07 Å². The molecule has 0 radical (unpaired) electrons. The SMILES string of the molecule is CCN1CC(NC(=O)c2cc(Cl)c(N(C)C)cc2OC)CN1CC. The molecule has 0 bridgehead atoms. The smallest absolute Gasteiger partial charge is 0.255 e. The summed E-state index contributed by atoms with van der Waals surface area (Å²) in [7, 11) is 5.36. The number of anilines is 1. The van der Waals surface area contributed by atoms with Gasteiger partial charge in [0.25, 0.3) is 5.91 Å². The Balaban J connectivity index is 2.17. The third-order valence-corrected chi connectivity index (χ3v) is 4.63. The van der Waals surface area contributed by atoms with Crippen LogP contribution in [0, 0.1) is 0 Å². The first-order chi connectivity index (χ1) is 11.4. The van der Waals surface area contributed by atoms with Crippen molar-refractivity contribution in [1.29, 1.82) is 0 Å². The molecule has 0 atom stereocenters. The van der Waals surface area contributed by atoms with E-state index in [2.05, 4.69) is 29.2 Å². The first-order valence-corrected chi connectivity index (χ1v) is 8.64. The highest BCUT2D eigenvalue weighted by Crippen LogP contribution is 2.32. The summed E-state index contributed by atoms with van der Waals surface area (Å²) in [6.45, 7) is 7.76. The lowest BCUT2D eigenvalue weighted by Crippen LogP contribution is -2.38. The molecule has 24 heavy (non-hydrogen) atoms. The molecule has 0 aromatic heterocycles.